The molecule has 2 heterocycles. The lowest BCUT2D eigenvalue weighted by molar-refractivity contribution is -0.115. The van der Waals surface area contributed by atoms with Crippen LogP contribution in [0.15, 0.2) is 41.4 Å². The van der Waals surface area contributed by atoms with Crippen LogP contribution < -0.4 is 5.32 Å². The van der Waals surface area contributed by atoms with Crippen molar-refractivity contribution in [2.24, 2.45) is 0 Å². The molecule has 19 heavy (non-hydrogen) atoms. The van der Waals surface area contributed by atoms with Crippen LogP contribution in [0.2, 0.25) is 0 Å². The Balaban J connectivity index is 1.89. The molecule has 0 unspecified atom stereocenters. The molecule has 1 amide bonds. The summed E-state index contributed by atoms with van der Waals surface area (Å²) in [5, 5.41) is 11.0. The Bertz CT molecular complexity index is 678. The maximum atomic E-state index is 11.5. The van der Waals surface area contributed by atoms with Gasteiger partial charge in [-0.2, -0.15) is 9.90 Å². The molecule has 1 aliphatic rings. The Morgan fingerprint density at radius 3 is 2.79 bits per heavy atom. The highest BCUT2D eigenvalue weighted by atomic mass is 32.2. The molecule has 0 radical (unpaired) electrons. The first-order valence-electron chi connectivity index (χ1n) is 5.45. The normalized spacial score (nSPS) is 16.9. The highest BCUT2D eigenvalue weighted by molar-refractivity contribution is 8.26. The lowest BCUT2D eigenvalue weighted by Gasteiger charge is -1.96. The van der Waals surface area contributed by atoms with Crippen molar-refractivity contribution in [2.75, 3.05) is 0 Å². The second-order valence-corrected chi connectivity index (χ2v) is 5.47. The molecule has 2 aromatic rings. The van der Waals surface area contributed by atoms with Gasteiger partial charge in [0.1, 0.15) is 10.0 Å². The molecule has 0 spiro atoms. The summed E-state index contributed by atoms with van der Waals surface area (Å²) >= 11 is 6.15. The van der Waals surface area contributed by atoms with E-state index in [1.165, 1.54) is 16.6 Å². The molecule has 5 nitrogen and oxygen atoms in total. The van der Waals surface area contributed by atoms with Gasteiger partial charge < -0.3 is 5.32 Å². The first-order valence-corrected chi connectivity index (χ1v) is 6.67. The molecule has 1 aliphatic heterocycles. The van der Waals surface area contributed by atoms with Crippen LogP contribution in [0.4, 0.5) is 0 Å². The summed E-state index contributed by atoms with van der Waals surface area (Å²) in [5.41, 5.74) is 1.48. The first-order chi connectivity index (χ1) is 9.22. The van der Waals surface area contributed by atoms with Crippen molar-refractivity contribution in [3.8, 4) is 5.69 Å². The molecule has 0 atom stereocenters. The number of benzene rings is 1. The highest BCUT2D eigenvalue weighted by Gasteiger charge is 2.22. The van der Waals surface area contributed by atoms with E-state index in [2.05, 4.69) is 15.5 Å². The zero-order chi connectivity index (χ0) is 13.2. The van der Waals surface area contributed by atoms with Crippen LogP contribution in [0.5, 0.6) is 0 Å². The van der Waals surface area contributed by atoms with Gasteiger partial charge in [-0.15, -0.1) is 5.10 Å². The Hall–Kier alpha value is -1.99. The van der Waals surface area contributed by atoms with Gasteiger partial charge in [0.05, 0.1) is 16.8 Å². The molecular weight excluding hydrogens is 280 g/mol. The van der Waals surface area contributed by atoms with E-state index in [0.717, 1.165) is 5.69 Å². The summed E-state index contributed by atoms with van der Waals surface area (Å²) in [7, 11) is 0. The predicted molar refractivity (Wildman–Crippen MR) is 77.7 cm³/mol. The Labute approximate surface area is 118 Å². The summed E-state index contributed by atoms with van der Waals surface area (Å²) in [6.07, 6.45) is 3.28. The van der Waals surface area contributed by atoms with E-state index in [-0.39, 0.29) is 5.91 Å². The third-order valence-electron chi connectivity index (χ3n) is 2.42. The summed E-state index contributed by atoms with van der Waals surface area (Å²) in [6, 6.07) is 9.56. The molecule has 1 aromatic heterocycles. The molecule has 0 saturated carbocycles. The smallest absolute Gasteiger partial charge is 0.263 e. The van der Waals surface area contributed by atoms with Crippen LogP contribution in [0.3, 0.4) is 0 Å². The Kier molecular flexibility index (Phi) is 3.14. The minimum atomic E-state index is -0.190. The van der Waals surface area contributed by atoms with Gasteiger partial charge in [-0.1, -0.05) is 42.2 Å². The van der Waals surface area contributed by atoms with Gasteiger partial charge in [0, 0.05) is 0 Å². The molecule has 94 valence electrons. The molecule has 7 heteroatoms. The maximum Gasteiger partial charge on any atom is 0.263 e. The molecule has 3 rings (SSSR count). The summed E-state index contributed by atoms with van der Waals surface area (Å²) in [6.45, 7) is 0. The molecule has 1 saturated heterocycles. The standard InChI is InChI=1S/C12H8N4OS2/c17-11-10(19-12(18)14-11)6-8-7-13-16(15-8)9-4-2-1-3-5-9/h1-7H,(H,14,17,18). The number of thiocarbonyl (C=S) groups is 1. The fourth-order valence-corrected chi connectivity index (χ4v) is 2.61. The van der Waals surface area contributed by atoms with Gasteiger partial charge in [0.2, 0.25) is 0 Å². The van der Waals surface area contributed by atoms with Crippen LogP contribution in [-0.2, 0) is 4.79 Å². The number of hydrogen-bond donors (Lipinski definition) is 1. The number of nitrogens with zero attached hydrogens (tertiary/aromatic N) is 3. The Morgan fingerprint density at radius 2 is 2.11 bits per heavy atom. The maximum absolute atomic E-state index is 11.5. The van der Waals surface area contributed by atoms with E-state index in [4.69, 9.17) is 12.2 Å². The average Bonchev–Trinajstić information content (AvgIpc) is 2.99. The lowest BCUT2D eigenvalue weighted by Crippen LogP contribution is -2.17. The van der Waals surface area contributed by atoms with Gasteiger partial charge in [-0.3, -0.25) is 4.79 Å². The number of para-hydroxylation sites is 1. The van der Waals surface area contributed by atoms with Crippen molar-refractivity contribution in [3.63, 3.8) is 0 Å². The Morgan fingerprint density at radius 1 is 1.32 bits per heavy atom. The lowest BCUT2D eigenvalue weighted by atomic mass is 10.3. The summed E-state index contributed by atoms with van der Waals surface area (Å²) in [4.78, 5) is 13.6. The first kappa shape index (κ1) is 12.1. The number of rotatable bonds is 2. The van der Waals surface area contributed by atoms with Crippen molar-refractivity contribution < 1.29 is 4.79 Å². The van der Waals surface area contributed by atoms with Crippen LogP contribution in [-0.4, -0.2) is 25.2 Å². The fourth-order valence-electron chi connectivity index (χ4n) is 1.58. The molecular formula is C12H8N4OS2. The molecule has 0 bridgehead atoms. The van der Waals surface area contributed by atoms with Crippen molar-refractivity contribution >= 4 is 40.3 Å². The topological polar surface area (TPSA) is 59.8 Å². The summed E-state index contributed by atoms with van der Waals surface area (Å²) < 4.78 is 0.465. The minimum absolute atomic E-state index is 0.190. The molecule has 1 fully saturated rings. The summed E-state index contributed by atoms with van der Waals surface area (Å²) in [5.74, 6) is -0.190. The zero-order valence-electron chi connectivity index (χ0n) is 9.61. The van der Waals surface area contributed by atoms with Gasteiger partial charge >= 0.3 is 0 Å². The number of thioether (sulfide) groups is 1. The number of nitrogens with one attached hydrogen (secondary N) is 1. The molecule has 0 aliphatic carbocycles. The van der Waals surface area contributed by atoms with E-state index in [1.807, 2.05) is 30.3 Å². The molecule has 1 aromatic carbocycles. The van der Waals surface area contributed by atoms with Crippen LogP contribution in [0, 0.1) is 0 Å². The average molecular weight is 288 g/mol. The van der Waals surface area contributed by atoms with Gasteiger partial charge in [-0.05, 0) is 18.2 Å². The third kappa shape index (κ3) is 2.56. The van der Waals surface area contributed by atoms with E-state index in [0.29, 0.717) is 14.9 Å². The van der Waals surface area contributed by atoms with Crippen LogP contribution in [0.1, 0.15) is 5.69 Å². The second-order valence-electron chi connectivity index (χ2n) is 3.75. The monoisotopic (exact) mass is 288 g/mol. The predicted octanol–water partition coefficient (Wildman–Crippen LogP) is 1.76. The van der Waals surface area contributed by atoms with Gasteiger partial charge in [-0.25, -0.2) is 0 Å². The molecule has 1 N–H and O–H groups in total. The number of carbonyl (C=O) groups excluding carboxylic acids is 1. The third-order valence-corrected chi connectivity index (χ3v) is 3.58. The number of hydrogen-bond acceptors (Lipinski definition) is 5. The van der Waals surface area contributed by atoms with E-state index < -0.39 is 0 Å². The highest BCUT2D eigenvalue weighted by Crippen LogP contribution is 2.25. The van der Waals surface area contributed by atoms with Crippen molar-refractivity contribution in [2.45, 2.75) is 0 Å². The van der Waals surface area contributed by atoms with Crippen LogP contribution in [0.25, 0.3) is 11.8 Å². The largest absolute Gasteiger partial charge is 0.307 e. The van der Waals surface area contributed by atoms with Crippen molar-refractivity contribution in [1.29, 1.82) is 0 Å². The van der Waals surface area contributed by atoms with Gasteiger partial charge in [0.15, 0.2) is 0 Å². The van der Waals surface area contributed by atoms with Crippen molar-refractivity contribution in [1.82, 2.24) is 20.3 Å². The van der Waals surface area contributed by atoms with Gasteiger partial charge in [0.25, 0.3) is 5.91 Å². The minimum Gasteiger partial charge on any atom is -0.307 e. The number of aromatic nitrogens is 3. The van der Waals surface area contributed by atoms with E-state index in [1.54, 1.807) is 12.3 Å². The zero-order valence-corrected chi connectivity index (χ0v) is 11.2. The fraction of sp³-hybridized carbons (Fsp3) is 0. The van der Waals surface area contributed by atoms with Crippen molar-refractivity contribution in [3.05, 3.63) is 47.1 Å². The SMILES string of the molecule is O=C1NC(=S)SC1=Cc1cnn(-c2ccccc2)n1. The van der Waals surface area contributed by atoms with E-state index >= 15 is 0 Å². The van der Waals surface area contributed by atoms with Crippen LogP contribution >= 0.6 is 24.0 Å². The number of amides is 1. The number of carbonyl (C=O) groups is 1. The van der Waals surface area contributed by atoms with E-state index in [9.17, 15) is 4.79 Å². The second kappa shape index (κ2) is 4.94. The quantitative estimate of drug-likeness (QED) is 0.674.